The first-order valence-electron chi connectivity index (χ1n) is 8.08. The van der Waals surface area contributed by atoms with Crippen LogP contribution in [0.2, 0.25) is 0 Å². The third-order valence-corrected chi connectivity index (χ3v) is 8.59. The van der Waals surface area contributed by atoms with Crippen LogP contribution in [0.5, 0.6) is 0 Å². The summed E-state index contributed by atoms with van der Waals surface area (Å²) in [5.41, 5.74) is 0.0834. The summed E-state index contributed by atoms with van der Waals surface area (Å²) in [6.45, 7) is 0.203. The lowest BCUT2D eigenvalue weighted by Gasteiger charge is -2.31. The third-order valence-electron chi connectivity index (χ3n) is 4.46. The van der Waals surface area contributed by atoms with Gasteiger partial charge in [0.05, 0.1) is 22.0 Å². The summed E-state index contributed by atoms with van der Waals surface area (Å²) in [5, 5.41) is 8.52. The molecule has 1 aliphatic heterocycles. The molecule has 3 rings (SSSR count). The van der Waals surface area contributed by atoms with E-state index in [0.29, 0.717) is 5.76 Å². The lowest BCUT2D eigenvalue weighted by molar-refractivity contribution is 0.345. The zero-order valence-electron chi connectivity index (χ0n) is 13.9. The second-order valence-corrected chi connectivity index (χ2v) is 10.3. The Hall–Kier alpha value is -2.15. The van der Waals surface area contributed by atoms with E-state index in [1.807, 2.05) is 6.07 Å². The standard InChI is InChI=1S/C17H18N2O5S2/c18-12-14-4-1-2-6-17(14)26(22,23)19-9-7-16(8-10-19)25(20,21)13-15-5-3-11-24-15/h1-6,11,16H,7-10,13H2. The number of piperidine rings is 1. The molecule has 1 aromatic heterocycles. The summed E-state index contributed by atoms with van der Waals surface area (Å²) < 4.78 is 57.0. The molecule has 0 bridgehead atoms. The normalized spacial score (nSPS) is 17.0. The van der Waals surface area contributed by atoms with Gasteiger partial charge in [-0.2, -0.15) is 9.57 Å². The maximum Gasteiger partial charge on any atom is 0.244 e. The van der Waals surface area contributed by atoms with Gasteiger partial charge in [0.25, 0.3) is 0 Å². The van der Waals surface area contributed by atoms with Gasteiger partial charge >= 0.3 is 0 Å². The van der Waals surface area contributed by atoms with E-state index in [1.165, 1.54) is 22.7 Å². The van der Waals surface area contributed by atoms with Crippen molar-refractivity contribution in [3.63, 3.8) is 0 Å². The zero-order valence-corrected chi connectivity index (χ0v) is 15.5. The molecule has 0 N–H and O–H groups in total. The summed E-state index contributed by atoms with van der Waals surface area (Å²) >= 11 is 0. The van der Waals surface area contributed by atoms with E-state index in [0.717, 1.165) is 0 Å². The summed E-state index contributed by atoms with van der Waals surface area (Å²) in [7, 11) is -7.25. The van der Waals surface area contributed by atoms with Crippen LogP contribution in [0.15, 0.2) is 52.0 Å². The smallest absolute Gasteiger partial charge is 0.244 e. The quantitative estimate of drug-likeness (QED) is 0.766. The van der Waals surface area contributed by atoms with Crippen molar-refractivity contribution >= 4 is 19.9 Å². The van der Waals surface area contributed by atoms with Gasteiger partial charge < -0.3 is 4.42 Å². The Morgan fingerprint density at radius 2 is 1.77 bits per heavy atom. The largest absolute Gasteiger partial charge is 0.468 e. The van der Waals surface area contributed by atoms with Crippen LogP contribution in [0, 0.1) is 11.3 Å². The molecule has 0 aliphatic carbocycles. The molecule has 2 heterocycles. The molecule has 2 aromatic rings. The van der Waals surface area contributed by atoms with Crippen LogP contribution in [0.4, 0.5) is 0 Å². The molecule has 26 heavy (non-hydrogen) atoms. The number of rotatable bonds is 5. The molecule has 0 atom stereocenters. The van der Waals surface area contributed by atoms with E-state index >= 15 is 0 Å². The van der Waals surface area contributed by atoms with Gasteiger partial charge in [0.1, 0.15) is 17.6 Å². The fraction of sp³-hybridized carbons (Fsp3) is 0.353. The van der Waals surface area contributed by atoms with Crippen molar-refractivity contribution < 1.29 is 21.3 Å². The molecule has 0 spiro atoms. The predicted octanol–water partition coefficient (Wildman–Crippen LogP) is 1.92. The number of sulfone groups is 1. The molecule has 0 radical (unpaired) electrons. The molecule has 0 amide bonds. The van der Waals surface area contributed by atoms with E-state index in [1.54, 1.807) is 24.3 Å². The molecule has 138 valence electrons. The number of benzene rings is 1. The Morgan fingerprint density at radius 3 is 2.38 bits per heavy atom. The van der Waals surface area contributed by atoms with Crippen molar-refractivity contribution in [3.8, 4) is 6.07 Å². The molecule has 1 aromatic carbocycles. The predicted molar refractivity (Wildman–Crippen MR) is 94.3 cm³/mol. The number of nitrogens with zero attached hydrogens (tertiary/aromatic N) is 2. The monoisotopic (exact) mass is 394 g/mol. The van der Waals surface area contributed by atoms with Crippen LogP contribution in [-0.4, -0.2) is 39.5 Å². The van der Waals surface area contributed by atoms with Gasteiger partial charge in [-0.15, -0.1) is 0 Å². The molecule has 0 unspecified atom stereocenters. The first-order chi connectivity index (χ1) is 12.3. The van der Waals surface area contributed by atoms with Crippen molar-refractivity contribution in [2.45, 2.75) is 28.7 Å². The maximum absolute atomic E-state index is 12.8. The molecule has 1 aliphatic rings. The first kappa shape index (κ1) is 18.6. The molecule has 1 fully saturated rings. The molecule has 9 heteroatoms. The lowest BCUT2D eigenvalue weighted by Crippen LogP contribution is -2.42. The van der Waals surface area contributed by atoms with Gasteiger partial charge in [0.2, 0.25) is 10.0 Å². The van der Waals surface area contributed by atoms with E-state index < -0.39 is 25.1 Å². The Bertz CT molecular complexity index is 1010. The Labute approximate surface area is 152 Å². The highest BCUT2D eigenvalue weighted by atomic mass is 32.2. The van der Waals surface area contributed by atoms with Gasteiger partial charge in [-0.1, -0.05) is 12.1 Å². The molecule has 7 nitrogen and oxygen atoms in total. The minimum absolute atomic E-state index is 0.0422. The fourth-order valence-corrected chi connectivity index (χ4v) is 6.40. The molecule has 0 saturated carbocycles. The van der Waals surface area contributed by atoms with Crippen LogP contribution >= 0.6 is 0 Å². The van der Waals surface area contributed by atoms with Gasteiger partial charge in [0.15, 0.2) is 9.84 Å². The maximum atomic E-state index is 12.8. The highest BCUT2D eigenvalue weighted by molar-refractivity contribution is 7.91. The van der Waals surface area contributed by atoms with Crippen molar-refractivity contribution in [1.29, 1.82) is 5.26 Å². The average Bonchev–Trinajstić information content (AvgIpc) is 3.14. The first-order valence-corrected chi connectivity index (χ1v) is 11.2. The minimum Gasteiger partial charge on any atom is -0.468 e. The third kappa shape index (κ3) is 3.67. The van der Waals surface area contributed by atoms with Crippen molar-refractivity contribution in [2.24, 2.45) is 0 Å². The average molecular weight is 394 g/mol. The number of hydrogen-bond donors (Lipinski definition) is 0. The van der Waals surface area contributed by atoms with Crippen LogP contribution < -0.4 is 0 Å². The fourth-order valence-electron chi connectivity index (χ4n) is 3.07. The summed E-state index contributed by atoms with van der Waals surface area (Å²) in [4.78, 5) is -0.0422. The van der Waals surface area contributed by atoms with Gasteiger partial charge in [-0.25, -0.2) is 16.8 Å². The Morgan fingerprint density at radius 1 is 1.08 bits per heavy atom. The number of hydrogen-bond acceptors (Lipinski definition) is 6. The molecular formula is C17H18N2O5S2. The Kier molecular flexibility index (Phi) is 5.18. The second-order valence-electron chi connectivity index (χ2n) is 6.10. The molecule has 1 saturated heterocycles. The highest BCUT2D eigenvalue weighted by Gasteiger charge is 2.36. The second kappa shape index (κ2) is 7.23. The Balaban J connectivity index is 1.73. The van der Waals surface area contributed by atoms with Gasteiger partial charge in [-0.05, 0) is 37.1 Å². The van der Waals surface area contributed by atoms with Crippen molar-refractivity contribution in [1.82, 2.24) is 4.31 Å². The summed E-state index contributed by atoms with van der Waals surface area (Å²) in [6.07, 6.45) is 1.86. The van der Waals surface area contributed by atoms with Crippen molar-refractivity contribution in [3.05, 3.63) is 54.0 Å². The van der Waals surface area contributed by atoms with Crippen LogP contribution in [-0.2, 0) is 25.6 Å². The van der Waals surface area contributed by atoms with Crippen LogP contribution in [0.3, 0.4) is 0 Å². The van der Waals surface area contributed by atoms with Crippen LogP contribution in [0.25, 0.3) is 0 Å². The SMILES string of the molecule is N#Cc1ccccc1S(=O)(=O)N1CCC(S(=O)(=O)Cc2ccco2)CC1. The van der Waals surface area contributed by atoms with Crippen LogP contribution in [0.1, 0.15) is 24.2 Å². The highest BCUT2D eigenvalue weighted by Crippen LogP contribution is 2.27. The molecular weight excluding hydrogens is 376 g/mol. The van der Waals surface area contributed by atoms with E-state index in [2.05, 4.69) is 0 Å². The minimum atomic E-state index is -3.83. The number of sulfonamides is 1. The number of furan rings is 1. The van der Waals surface area contributed by atoms with Crippen molar-refractivity contribution in [2.75, 3.05) is 13.1 Å². The lowest BCUT2D eigenvalue weighted by atomic mass is 10.2. The zero-order chi connectivity index (χ0) is 18.8. The number of nitriles is 1. The van der Waals surface area contributed by atoms with Gasteiger partial charge in [-0.3, -0.25) is 0 Å². The van der Waals surface area contributed by atoms with E-state index in [4.69, 9.17) is 9.68 Å². The topological polar surface area (TPSA) is 108 Å². The van der Waals surface area contributed by atoms with E-state index in [9.17, 15) is 16.8 Å². The summed E-state index contributed by atoms with van der Waals surface area (Å²) in [6, 6.07) is 11.1. The summed E-state index contributed by atoms with van der Waals surface area (Å²) in [5.74, 6) is 0.192. The van der Waals surface area contributed by atoms with Gasteiger partial charge in [0, 0.05) is 13.1 Å². The van der Waals surface area contributed by atoms with E-state index in [-0.39, 0.29) is 42.1 Å².